The predicted octanol–water partition coefficient (Wildman–Crippen LogP) is -1.06. The molecule has 0 aromatic rings. The van der Waals surface area contributed by atoms with Gasteiger partial charge in [-0.15, -0.1) is 5.10 Å². The lowest BCUT2D eigenvalue weighted by molar-refractivity contribution is 0.387. The topological polar surface area (TPSA) is 66.0 Å². The van der Waals surface area contributed by atoms with E-state index in [2.05, 4.69) is 22.5 Å². The highest BCUT2D eigenvalue weighted by Gasteiger charge is 1.77. The number of nitrogens with one attached hydrogen (secondary N) is 1. The Morgan fingerprint density at radius 1 is 1.88 bits per heavy atom. The van der Waals surface area contributed by atoms with Crippen LogP contribution in [-0.2, 0) is 0 Å². The van der Waals surface area contributed by atoms with Gasteiger partial charge in [-0.05, 0) is 0 Å². The summed E-state index contributed by atoms with van der Waals surface area (Å²) in [5.41, 5.74) is 2.30. The summed E-state index contributed by atoms with van der Waals surface area (Å²) in [5.74, 6) is 4.94. The Balaban J connectivity index is 3.35. The van der Waals surface area contributed by atoms with E-state index in [9.17, 15) is 0 Å². The molecule has 0 heterocycles. The lowest BCUT2D eigenvalue weighted by Crippen LogP contribution is -2.38. The van der Waals surface area contributed by atoms with E-state index in [-0.39, 0.29) is 0 Å². The van der Waals surface area contributed by atoms with Crippen LogP contribution in [0.25, 0.3) is 0 Å². The summed E-state index contributed by atoms with van der Waals surface area (Å²) < 4.78 is 0. The minimum absolute atomic E-state index is 1.40. The molecule has 5 heteroatoms. The average Bonchev–Trinajstić information content (AvgIpc) is 1.83. The zero-order valence-electron chi connectivity index (χ0n) is 4.70. The first kappa shape index (κ1) is 7.06. The Morgan fingerprint density at radius 2 is 2.50 bits per heavy atom. The maximum absolute atomic E-state index is 4.94. The number of hydrogen-bond donors (Lipinski definition) is 2. The molecule has 5 nitrogen and oxygen atoms in total. The number of hydrogen-bond acceptors (Lipinski definition) is 4. The molecule has 0 aliphatic heterocycles. The van der Waals surface area contributed by atoms with Gasteiger partial charge in [-0.2, -0.15) is 10.6 Å². The molecular weight excluding hydrogens is 106 g/mol. The monoisotopic (exact) mass is 115 g/mol. The first-order valence-electron chi connectivity index (χ1n) is 1.99. The molecule has 0 aliphatic carbocycles. The highest BCUT2D eigenvalue weighted by molar-refractivity contribution is 5.53. The molecule has 8 heavy (non-hydrogen) atoms. The van der Waals surface area contributed by atoms with Crippen LogP contribution in [0, 0.1) is 0 Å². The summed E-state index contributed by atoms with van der Waals surface area (Å²) in [4.78, 5) is 0. The molecule has 3 N–H and O–H groups in total. The summed E-state index contributed by atoms with van der Waals surface area (Å²) >= 11 is 0. The molecule has 0 radical (unpaired) electrons. The van der Waals surface area contributed by atoms with Crippen molar-refractivity contribution in [1.29, 1.82) is 0 Å². The summed E-state index contributed by atoms with van der Waals surface area (Å²) in [6, 6.07) is 0. The van der Waals surface area contributed by atoms with Crippen molar-refractivity contribution < 1.29 is 0 Å². The van der Waals surface area contributed by atoms with Crippen molar-refractivity contribution in [2.45, 2.75) is 0 Å². The molecule has 0 saturated carbocycles. The molecule has 0 saturated heterocycles. The van der Waals surface area contributed by atoms with E-state index in [1.165, 1.54) is 11.3 Å². The van der Waals surface area contributed by atoms with Crippen LogP contribution >= 0.6 is 0 Å². The zero-order chi connectivity index (χ0) is 6.41. The van der Waals surface area contributed by atoms with Gasteiger partial charge in [0.2, 0.25) is 0 Å². The van der Waals surface area contributed by atoms with Gasteiger partial charge in [-0.1, -0.05) is 0 Å². The fourth-order valence-electron chi connectivity index (χ4n) is 0.147. The molecule has 0 bridgehead atoms. The SMILES string of the molecule is C=N/N=C\N(C)NN. The Hall–Kier alpha value is -0.940. The van der Waals surface area contributed by atoms with Crippen LogP contribution in [0.15, 0.2) is 10.2 Å². The van der Waals surface area contributed by atoms with Crippen molar-refractivity contribution >= 4 is 13.1 Å². The molecule has 0 spiro atoms. The maximum Gasteiger partial charge on any atom is 0.129 e. The molecule has 46 valence electrons. The minimum atomic E-state index is 1.40. The van der Waals surface area contributed by atoms with Crippen LogP contribution in [-0.4, -0.2) is 25.1 Å². The highest BCUT2D eigenvalue weighted by Crippen LogP contribution is 1.64. The Kier molecular flexibility index (Phi) is 3.73. The first-order valence-corrected chi connectivity index (χ1v) is 1.99. The van der Waals surface area contributed by atoms with Gasteiger partial charge in [0, 0.05) is 13.8 Å². The summed E-state index contributed by atoms with van der Waals surface area (Å²) in [6.45, 7) is 3.12. The van der Waals surface area contributed by atoms with Crippen LogP contribution in [0.2, 0.25) is 0 Å². The standard InChI is InChI=1S/C3H9N5/c1-5-6-3-8(2)7-4/h3,7H,1,4H2,2H3/b6-3-. The molecule has 0 unspecified atom stereocenters. The Morgan fingerprint density at radius 3 is 2.88 bits per heavy atom. The number of nitrogens with two attached hydrogens (primary N) is 1. The van der Waals surface area contributed by atoms with Gasteiger partial charge in [0.1, 0.15) is 6.34 Å². The van der Waals surface area contributed by atoms with E-state index in [0.29, 0.717) is 0 Å². The summed E-state index contributed by atoms with van der Waals surface area (Å²) in [7, 11) is 1.69. The number of hydrazine groups is 2. The van der Waals surface area contributed by atoms with Crippen LogP contribution in [0.4, 0.5) is 0 Å². The highest BCUT2D eigenvalue weighted by atomic mass is 15.6. The van der Waals surface area contributed by atoms with Crippen molar-refractivity contribution in [2.24, 2.45) is 16.0 Å². The van der Waals surface area contributed by atoms with Gasteiger partial charge >= 0.3 is 0 Å². The van der Waals surface area contributed by atoms with E-state index in [1.807, 2.05) is 0 Å². The van der Waals surface area contributed by atoms with Gasteiger partial charge < -0.3 is 0 Å². The Labute approximate surface area is 47.8 Å². The van der Waals surface area contributed by atoms with E-state index in [0.717, 1.165) is 0 Å². The Bertz CT molecular complexity index is 87.7. The van der Waals surface area contributed by atoms with Crippen molar-refractivity contribution in [3.05, 3.63) is 0 Å². The number of rotatable bonds is 3. The number of nitrogens with zero attached hydrogens (tertiary/aromatic N) is 3. The summed E-state index contributed by atoms with van der Waals surface area (Å²) in [5, 5.41) is 8.06. The zero-order valence-corrected chi connectivity index (χ0v) is 4.70. The van der Waals surface area contributed by atoms with E-state index in [1.54, 1.807) is 7.05 Å². The lowest BCUT2D eigenvalue weighted by atomic mass is 11.1. The first-order chi connectivity index (χ1) is 3.81. The second-order valence-electron chi connectivity index (χ2n) is 1.11. The minimum Gasteiger partial charge on any atom is -0.286 e. The van der Waals surface area contributed by atoms with Gasteiger partial charge in [0.25, 0.3) is 0 Å². The van der Waals surface area contributed by atoms with E-state index >= 15 is 0 Å². The van der Waals surface area contributed by atoms with Gasteiger partial charge in [0.05, 0.1) is 0 Å². The second kappa shape index (κ2) is 4.23. The molecule has 0 aromatic heterocycles. The second-order valence-corrected chi connectivity index (χ2v) is 1.11. The fourth-order valence-corrected chi connectivity index (χ4v) is 0.147. The van der Waals surface area contributed by atoms with E-state index in [4.69, 9.17) is 5.84 Å². The van der Waals surface area contributed by atoms with Crippen molar-refractivity contribution in [3.8, 4) is 0 Å². The average molecular weight is 115 g/mol. The molecule has 0 amide bonds. The third-order valence-corrected chi connectivity index (χ3v) is 0.510. The third kappa shape index (κ3) is 3.26. The van der Waals surface area contributed by atoms with E-state index < -0.39 is 0 Å². The molecule has 0 atom stereocenters. The van der Waals surface area contributed by atoms with Gasteiger partial charge in [0.15, 0.2) is 0 Å². The maximum atomic E-state index is 4.94. The lowest BCUT2D eigenvalue weighted by Gasteiger charge is -2.06. The quantitative estimate of drug-likeness (QED) is 0.213. The van der Waals surface area contributed by atoms with Crippen molar-refractivity contribution in [1.82, 2.24) is 10.5 Å². The molecular formula is C3H9N5. The molecule has 0 aliphatic rings. The molecule has 0 aromatic carbocycles. The summed E-state index contributed by atoms with van der Waals surface area (Å²) in [6.07, 6.45) is 1.40. The van der Waals surface area contributed by atoms with Crippen molar-refractivity contribution in [3.63, 3.8) is 0 Å². The van der Waals surface area contributed by atoms with Crippen LogP contribution in [0.3, 0.4) is 0 Å². The predicted molar refractivity (Wildman–Crippen MR) is 33.1 cm³/mol. The molecule has 0 fully saturated rings. The van der Waals surface area contributed by atoms with Gasteiger partial charge in [-0.25, -0.2) is 0 Å². The van der Waals surface area contributed by atoms with Gasteiger partial charge in [-0.3, -0.25) is 10.9 Å². The smallest absolute Gasteiger partial charge is 0.129 e. The molecule has 0 rings (SSSR count). The largest absolute Gasteiger partial charge is 0.286 e. The van der Waals surface area contributed by atoms with Crippen LogP contribution < -0.4 is 11.4 Å². The van der Waals surface area contributed by atoms with Crippen LogP contribution in [0.5, 0.6) is 0 Å². The van der Waals surface area contributed by atoms with Crippen LogP contribution in [0.1, 0.15) is 0 Å². The third-order valence-electron chi connectivity index (χ3n) is 0.510. The fraction of sp³-hybridized carbons (Fsp3) is 0.333. The normalized spacial score (nSPS) is 9.75. The van der Waals surface area contributed by atoms with Crippen molar-refractivity contribution in [2.75, 3.05) is 7.05 Å².